The molecule has 2 aromatic heterocycles. The van der Waals surface area contributed by atoms with E-state index < -0.39 is 0 Å². The van der Waals surface area contributed by atoms with Crippen molar-refractivity contribution in [1.82, 2.24) is 14.7 Å². The summed E-state index contributed by atoms with van der Waals surface area (Å²) in [4.78, 5) is 9.54. The Hall–Kier alpha value is -3.48. The lowest BCUT2D eigenvalue weighted by Crippen LogP contribution is -2.16. The number of aliphatic imine (C=N–C) groups is 1. The van der Waals surface area contributed by atoms with Crippen LogP contribution in [0.15, 0.2) is 95.9 Å². The fourth-order valence-corrected chi connectivity index (χ4v) is 3.67. The molecule has 0 aliphatic heterocycles. The van der Waals surface area contributed by atoms with Gasteiger partial charge in [0.05, 0.1) is 23.7 Å². The predicted octanol–water partition coefficient (Wildman–Crippen LogP) is 5.80. The first-order valence-corrected chi connectivity index (χ1v) is 11.4. The SMILES string of the molecule is C=C(/N=C(\C=C/C)c1c(-c2ccc(F)cc2)nc2cc(CO)ccn12)NCC(/C=C\C)=C/CCl. The normalized spacial score (nSPS) is 12.9. The maximum atomic E-state index is 13.6. The second-order valence-electron chi connectivity index (χ2n) is 7.47. The highest BCUT2D eigenvalue weighted by atomic mass is 35.5. The molecule has 0 saturated carbocycles. The van der Waals surface area contributed by atoms with Gasteiger partial charge in [-0.15, -0.1) is 11.6 Å². The lowest BCUT2D eigenvalue weighted by molar-refractivity contribution is 0.282. The van der Waals surface area contributed by atoms with E-state index in [1.807, 2.05) is 67.0 Å². The molecule has 0 unspecified atom stereocenters. The number of fused-ring (bicyclic) bond motifs is 1. The number of aliphatic hydroxyl groups is 1. The van der Waals surface area contributed by atoms with Crippen molar-refractivity contribution in [2.75, 3.05) is 12.4 Å². The number of aromatic nitrogens is 2. The van der Waals surface area contributed by atoms with Crippen LogP contribution in [-0.2, 0) is 6.61 Å². The molecule has 0 bridgehead atoms. The van der Waals surface area contributed by atoms with Crippen LogP contribution in [0.3, 0.4) is 0 Å². The maximum Gasteiger partial charge on any atom is 0.138 e. The number of alkyl halides is 1. The number of rotatable bonds is 10. The van der Waals surface area contributed by atoms with Gasteiger partial charge in [-0.25, -0.2) is 14.4 Å². The van der Waals surface area contributed by atoms with E-state index in [9.17, 15) is 9.50 Å². The summed E-state index contributed by atoms with van der Waals surface area (Å²) < 4.78 is 15.5. The van der Waals surface area contributed by atoms with Crippen LogP contribution < -0.4 is 5.32 Å². The van der Waals surface area contributed by atoms with Crippen molar-refractivity contribution in [2.24, 2.45) is 4.99 Å². The summed E-state index contributed by atoms with van der Waals surface area (Å²) in [5, 5.41) is 12.8. The molecular weight excluding hydrogens is 451 g/mol. The summed E-state index contributed by atoms with van der Waals surface area (Å²) in [7, 11) is 0. The third-order valence-corrected chi connectivity index (χ3v) is 5.18. The fraction of sp³-hybridized carbons (Fsp3) is 0.185. The molecule has 3 aromatic rings. The summed E-state index contributed by atoms with van der Waals surface area (Å²) >= 11 is 5.86. The predicted molar refractivity (Wildman–Crippen MR) is 139 cm³/mol. The Balaban J connectivity index is 2.09. The van der Waals surface area contributed by atoms with Crippen LogP contribution >= 0.6 is 11.6 Å². The van der Waals surface area contributed by atoms with E-state index in [2.05, 4.69) is 11.9 Å². The number of halogens is 2. The molecule has 176 valence electrons. The van der Waals surface area contributed by atoms with E-state index in [-0.39, 0.29) is 12.4 Å². The van der Waals surface area contributed by atoms with Crippen molar-refractivity contribution in [2.45, 2.75) is 20.5 Å². The third-order valence-electron chi connectivity index (χ3n) is 5.03. The number of hydrogen-bond acceptors (Lipinski definition) is 4. The summed E-state index contributed by atoms with van der Waals surface area (Å²) in [6.07, 6.45) is 11.5. The smallest absolute Gasteiger partial charge is 0.138 e. The number of nitrogens with zero attached hydrogens (tertiary/aromatic N) is 3. The molecule has 3 rings (SSSR count). The molecule has 2 heterocycles. The average molecular weight is 479 g/mol. The van der Waals surface area contributed by atoms with Crippen molar-refractivity contribution in [3.05, 3.63) is 108 Å². The third kappa shape index (κ3) is 6.10. The first kappa shape index (κ1) is 25.1. The largest absolute Gasteiger partial charge is 0.392 e. The van der Waals surface area contributed by atoms with Crippen LogP contribution in [0.5, 0.6) is 0 Å². The highest BCUT2D eigenvalue weighted by molar-refractivity contribution is 6.19. The molecule has 2 N–H and O–H groups in total. The van der Waals surface area contributed by atoms with Gasteiger partial charge < -0.3 is 10.4 Å². The lowest BCUT2D eigenvalue weighted by Gasteiger charge is -2.10. The van der Waals surface area contributed by atoms with Gasteiger partial charge in [-0.1, -0.05) is 30.9 Å². The molecule has 34 heavy (non-hydrogen) atoms. The van der Waals surface area contributed by atoms with Gasteiger partial charge in [0.25, 0.3) is 0 Å². The molecule has 0 aliphatic rings. The minimum atomic E-state index is -0.321. The molecule has 7 heteroatoms. The zero-order chi connectivity index (χ0) is 24.5. The maximum absolute atomic E-state index is 13.6. The van der Waals surface area contributed by atoms with Crippen LogP contribution in [0.25, 0.3) is 16.9 Å². The number of imidazole rings is 1. The molecule has 0 aliphatic carbocycles. The summed E-state index contributed by atoms with van der Waals surface area (Å²) in [5.41, 5.74) is 5.19. The van der Waals surface area contributed by atoms with Crippen molar-refractivity contribution in [3.63, 3.8) is 0 Å². The van der Waals surface area contributed by atoms with E-state index in [0.717, 1.165) is 22.4 Å². The highest BCUT2D eigenvalue weighted by Crippen LogP contribution is 2.27. The summed E-state index contributed by atoms with van der Waals surface area (Å²) in [6, 6.07) is 9.83. The van der Waals surface area contributed by atoms with Crippen molar-refractivity contribution >= 4 is 23.0 Å². The highest BCUT2D eigenvalue weighted by Gasteiger charge is 2.18. The van der Waals surface area contributed by atoms with Gasteiger partial charge in [-0.2, -0.15) is 0 Å². The average Bonchev–Trinajstić information content (AvgIpc) is 3.21. The van der Waals surface area contributed by atoms with Crippen molar-refractivity contribution in [1.29, 1.82) is 0 Å². The van der Waals surface area contributed by atoms with E-state index in [0.29, 0.717) is 35.3 Å². The van der Waals surface area contributed by atoms with E-state index in [1.165, 1.54) is 12.1 Å². The fourth-order valence-electron chi connectivity index (χ4n) is 3.47. The zero-order valence-corrected chi connectivity index (χ0v) is 20.1. The van der Waals surface area contributed by atoms with Crippen molar-refractivity contribution in [3.8, 4) is 11.3 Å². The van der Waals surface area contributed by atoms with E-state index in [4.69, 9.17) is 21.6 Å². The molecule has 5 nitrogen and oxygen atoms in total. The Morgan fingerprint density at radius 3 is 2.59 bits per heavy atom. The first-order valence-electron chi connectivity index (χ1n) is 10.9. The Morgan fingerprint density at radius 2 is 1.94 bits per heavy atom. The van der Waals surface area contributed by atoms with Gasteiger partial charge in [0.1, 0.15) is 17.3 Å². The van der Waals surface area contributed by atoms with Crippen molar-refractivity contribution < 1.29 is 9.50 Å². The minimum Gasteiger partial charge on any atom is -0.392 e. The van der Waals surface area contributed by atoms with E-state index >= 15 is 0 Å². The number of pyridine rings is 1. The Labute approximate surface area is 204 Å². The van der Waals surface area contributed by atoms with Crippen LogP contribution in [0.2, 0.25) is 0 Å². The monoisotopic (exact) mass is 478 g/mol. The number of nitrogens with one attached hydrogen (secondary N) is 1. The number of allylic oxidation sites excluding steroid dienone is 4. The van der Waals surface area contributed by atoms with Gasteiger partial charge in [-0.3, -0.25) is 4.40 Å². The molecular formula is C27H28ClFN4O. The molecule has 0 spiro atoms. The zero-order valence-electron chi connectivity index (χ0n) is 19.3. The number of benzene rings is 1. The van der Waals surface area contributed by atoms with Crippen LogP contribution in [0.1, 0.15) is 25.1 Å². The molecule has 1 aromatic carbocycles. The second kappa shape index (κ2) is 12.1. The van der Waals surface area contributed by atoms with Gasteiger partial charge >= 0.3 is 0 Å². The first-order chi connectivity index (χ1) is 16.5. The minimum absolute atomic E-state index is 0.0918. The summed E-state index contributed by atoms with van der Waals surface area (Å²) in [6.45, 7) is 8.36. The van der Waals surface area contributed by atoms with Gasteiger partial charge in [0.2, 0.25) is 0 Å². The molecule has 0 radical (unpaired) electrons. The van der Waals surface area contributed by atoms with Crippen LogP contribution in [-0.4, -0.2) is 32.6 Å². The number of hydrogen-bond donors (Lipinski definition) is 2. The van der Waals surface area contributed by atoms with Crippen LogP contribution in [0.4, 0.5) is 4.39 Å². The number of aliphatic hydroxyl groups excluding tert-OH is 1. The van der Waals surface area contributed by atoms with Crippen LogP contribution in [0, 0.1) is 5.82 Å². The molecule has 0 atom stereocenters. The summed E-state index contributed by atoms with van der Waals surface area (Å²) in [5.74, 6) is 0.572. The topological polar surface area (TPSA) is 61.9 Å². The quantitative estimate of drug-likeness (QED) is 0.220. The standard InChI is InChI=1S/C27H28ClFN4O/c1-4-6-20(12-14-28)17-30-19(3)31-24(7-5-2)27-26(22-8-10-23(29)11-9-22)32-25-16-21(18-34)13-15-33(25)27/h4-13,15-16,30,34H,3,14,17-18H2,1-2H3/b6-4-,7-5-,20-12+,31-24+. The van der Waals surface area contributed by atoms with Gasteiger partial charge in [0.15, 0.2) is 0 Å². The van der Waals surface area contributed by atoms with Gasteiger partial charge in [0, 0.05) is 24.2 Å². The Bertz CT molecular complexity index is 1270. The van der Waals surface area contributed by atoms with Gasteiger partial charge in [-0.05, 0) is 67.5 Å². The second-order valence-corrected chi connectivity index (χ2v) is 7.78. The molecule has 0 amide bonds. The molecule has 0 saturated heterocycles. The van der Waals surface area contributed by atoms with E-state index in [1.54, 1.807) is 12.1 Å². The molecule has 0 fully saturated rings. The Kier molecular flexibility index (Phi) is 8.96. The Morgan fingerprint density at radius 1 is 1.21 bits per heavy atom. The lowest BCUT2D eigenvalue weighted by atomic mass is 10.1.